The first-order valence-corrected chi connectivity index (χ1v) is 6.30. The second-order valence-electron chi connectivity index (χ2n) is 4.38. The summed E-state index contributed by atoms with van der Waals surface area (Å²) in [5, 5.41) is 0.818. The maximum absolute atomic E-state index is 6.41. The second-order valence-corrected chi connectivity index (χ2v) is 4.76. The van der Waals surface area contributed by atoms with Crippen LogP contribution in [-0.4, -0.2) is 19.8 Å². The van der Waals surface area contributed by atoms with Crippen molar-refractivity contribution >= 4 is 11.6 Å². The Balaban J connectivity index is 2.40. The van der Waals surface area contributed by atoms with Gasteiger partial charge in [0.05, 0.1) is 12.1 Å². The van der Waals surface area contributed by atoms with Gasteiger partial charge in [0.15, 0.2) is 11.5 Å². The Kier molecular flexibility index (Phi) is 3.79. The maximum atomic E-state index is 6.41. The van der Waals surface area contributed by atoms with E-state index in [1.807, 2.05) is 13.0 Å². The van der Waals surface area contributed by atoms with Crippen LogP contribution in [0.25, 0.3) is 0 Å². The minimum atomic E-state index is 0.168. The number of hydrogen-bond donors (Lipinski definition) is 1. The predicted octanol–water partition coefficient (Wildman–Crippen LogP) is 2.56. The molecule has 2 rings (SSSR count). The smallest absolute Gasteiger partial charge is 0.166 e. The number of ether oxygens (including phenoxy) is 2. The topological polar surface area (TPSA) is 44.5 Å². The number of rotatable bonds is 4. The standard InChI is InChI=1S/C13H18ClNO2/c1-8-6-10-12(14)9(4-3-5-15)7-11(16-2)13(10)17-8/h7-8H,3-6,15H2,1-2H3. The summed E-state index contributed by atoms with van der Waals surface area (Å²) >= 11 is 6.41. The number of hydrogen-bond acceptors (Lipinski definition) is 3. The summed E-state index contributed by atoms with van der Waals surface area (Å²) in [5.74, 6) is 1.59. The van der Waals surface area contributed by atoms with Crippen LogP contribution in [0.1, 0.15) is 24.5 Å². The molecule has 1 unspecified atom stereocenters. The summed E-state index contributed by atoms with van der Waals surface area (Å²) in [6.45, 7) is 2.71. The van der Waals surface area contributed by atoms with Gasteiger partial charge in [-0.25, -0.2) is 0 Å². The molecule has 0 fully saturated rings. The van der Waals surface area contributed by atoms with Gasteiger partial charge in [0.25, 0.3) is 0 Å². The molecule has 3 nitrogen and oxygen atoms in total. The molecule has 1 heterocycles. The molecule has 0 saturated heterocycles. The number of fused-ring (bicyclic) bond motifs is 1. The van der Waals surface area contributed by atoms with Crippen molar-refractivity contribution in [1.82, 2.24) is 0 Å². The lowest BCUT2D eigenvalue weighted by atomic mass is 10.0. The van der Waals surface area contributed by atoms with Gasteiger partial charge < -0.3 is 15.2 Å². The highest BCUT2D eigenvalue weighted by Gasteiger charge is 2.27. The largest absolute Gasteiger partial charge is 0.493 e. The molecular weight excluding hydrogens is 238 g/mol. The first kappa shape index (κ1) is 12.5. The van der Waals surface area contributed by atoms with Crippen molar-refractivity contribution in [3.05, 3.63) is 22.2 Å². The van der Waals surface area contributed by atoms with Crippen LogP contribution in [0.15, 0.2) is 6.07 Å². The van der Waals surface area contributed by atoms with Crippen LogP contribution in [0.5, 0.6) is 11.5 Å². The van der Waals surface area contributed by atoms with E-state index in [4.69, 9.17) is 26.8 Å². The fraction of sp³-hybridized carbons (Fsp3) is 0.538. The van der Waals surface area contributed by atoms with Crippen molar-refractivity contribution in [1.29, 1.82) is 0 Å². The van der Waals surface area contributed by atoms with E-state index in [2.05, 4.69) is 0 Å². The van der Waals surface area contributed by atoms with Crippen molar-refractivity contribution in [3.63, 3.8) is 0 Å². The van der Waals surface area contributed by atoms with Gasteiger partial charge in [0.2, 0.25) is 0 Å². The van der Waals surface area contributed by atoms with Gasteiger partial charge in [0, 0.05) is 12.0 Å². The van der Waals surface area contributed by atoms with E-state index in [9.17, 15) is 0 Å². The molecule has 0 aliphatic carbocycles. The number of nitrogens with two attached hydrogens (primary N) is 1. The van der Waals surface area contributed by atoms with E-state index in [1.54, 1.807) is 7.11 Å². The Bertz CT molecular complexity index is 420. The fourth-order valence-electron chi connectivity index (χ4n) is 2.20. The van der Waals surface area contributed by atoms with Crippen LogP contribution in [0.2, 0.25) is 5.02 Å². The molecule has 4 heteroatoms. The highest BCUT2D eigenvalue weighted by molar-refractivity contribution is 6.32. The normalized spacial score (nSPS) is 17.8. The van der Waals surface area contributed by atoms with Crippen molar-refractivity contribution in [2.75, 3.05) is 13.7 Å². The molecule has 2 N–H and O–H groups in total. The number of methoxy groups -OCH3 is 1. The molecule has 0 radical (unpaired) electrons. The third kappa shape index (κ3) is 2.35. The summed E-state index contributed by atoms with van der Waals surface area (Å²) in [5.41, 5.74) is 7.71. The zero-order valence-corrected chi connectivity index (χ0v) is 11.0. The molecule has 0 amide bonds. The average Bonchev–Trinajstić information content (AvgIpc) is 2.71. The zero-order chi connectivity index (χ0) is 12.4. The summed E-state index contributed by atoms with van der Waals surface area (Å²) in [7, 11) is 1.66. The minimum absolute atomic E-state index is 0.168. The molecule has 1 aliphatic heterocycles. The summed E-state index contributed by atoms with van der Waals surface area (Å²) in [6, 6.07) is 1.97. The Labute approximate surface area is 107 Å². The number of benzene rings is 1. The quantitative estimate of drug-likeness (QED) is 0.899. The lowest BCUT2D eigenvalue weighted by molar-refractivity contribution is 0.243. The van der Waals surface area contributed by atoms with Crippen LogP contribution in [-0.2, 0) is 12.8 Å². The van der Waals surface area contributed by atoms with Crippen LogP contribution in [0, 0.1) is 0 Å². The van der Waals surface area contributed by atoms with Crippen LogP contribution < -0.4 is 15.2 Å². The predicted molar refractivity (Wildman–Crippen MR) is 69.2 cm³/mol. The van der Waals surface area contributed by atoms with Crippen LogP contribution >= 0.6 is 11.6 Å². The van der Waals surface area contributed by atoms with Gasteiger partial charge in [-0.15, -0.1) is 0 Å². The molecule has 1 aliphatic rings. The Morgan fingerprint density at radius 2 is 2.35 bits per heavy atom. The highest BCUT2D eigenvalue weighted by atomic mass is 35.5. The van der Waals surface area contributed by atoms with E-state index in [1.165, 1.54) is 0 Å². The molecule has 0 spiro atoms. The van der Waals surface area contributed by atoms with E-state index in [0.29, 0.717) is 6.54 Å². The molecule has 0 saturated carbocycles. The van der Waals surface area contributed by atoms with E-state index in [0.717, 1.165) is 46.9 Å². The first-order valence-electron chi connectivity index (χ1n) is 5.92. The maximum Gasteiger partial charge on any atom is 0.166 e. The van der Waals surface area contributed by atoms with Crippen molar-refractivity contribution in [3.8, 4) is 11.5 Å². The molecule has 0 aromatic heterocycles. The molecule has 1 aromatic carbocycles. The lowest BCUT2D eigenvalue weighted by Crippen LogP contribution is -2.05. The zero-order valence-electron chi connectivity index (χ0n) is 10.3. The SMILES string of the molecule is COc1cc(CCCN)c(Cl)c2c1OC(C)C2. The monoisotopic (exact) mass is 255 g/mol. The van der Waals surface area contributed by atoms with Gasteiger partial charge in [-0.3, -0.25) is 0 Å². The highest BCUT2D eigenvalue weighted by Crippen LogP contribution is 2.44. The van der Waals surface area contributed by atoms with E-state index < -0.39 is 0 Å². The van der Waals surface area contributed by atoms with Gasteiger partial charge in [-0.2, -0.15) is 0 Å². The first-order chi connectivity index (χ1) is 8.17. The van der Waals surface area contributed by atoms with Crippen LogP contribution in [0.4, 0.5) is 0 Å². The number of halogens is 1. The average molecular weight is 256 g/mol. The third-order valence-corrected chi connectivity index (χ3v) is 3.50. The van der Waals surface area contributed by atoms with Gasteiger partial charge >= 0.3 is 0 Å². The second kappa shape index (κ2) is 5.15. The summed E-state index contributed by atoms with van der Waals surface area (Å²) in [6.07, 6.45) is 2.83. The van der Waals surface area contributed by atoms with Gasteiger partial charge in [-0.05, 0) is 37.9 Å². The van der Waals surface area contributed by atoms with Gasteiger partial charge in [-0.1, -0.05) is 11.6 Å². The Morgan fingerprint density at radius 1 is 1.59 bits per heavy atom. The fourth-order valence-corrected chi connectivity index (χ4v) is 2.51. The van der Waals surface area contributed by atoms with Crippen molar-refractivity contribution in [2.24, 2.45) is 5.73 Å². The van der Waals surface area contributed by atoms with E-state index in [-0.39, 0.29) is 6.10 Å². The number of aryl methyl sites for hydroxylation is 1. The molecule has 94 valence electrons. The summed E-state index contributed by atoms with van der Waals surface area (Å²) in [4.78, 5) is 0. The molecule has 17 heavy (non-hydrogen) atoms. The molecular formula is C13H18ClNO2. The van der Waals surface area contributed by atoms with Crippen molar-refractivity contribution < 1.29 is 9.47 Å². The molecule has 0 bridgehead atoms. The van der Waals surface area contributed by atoms with Crippen LogP contribution in [0.3, 0.4) is 0 Å². The van der Waals surface area contributed by atoms with Gasteiger partial charge in [0.1, 0.15) is 6.10 Å². The minimum Gasteiger partial charge on any atom is -0.493 e. The Hall–Kier alpha value is -0.930. The summed E-state index contributed by atoms with van der Waals surface area (Å²) < 4.78 is 11.1. The lowest BCUT2D eigenvalue weighted by Gasteiger charge is -2.12. The molecule has 1 aromatic rings. The van der Waals surface area contributed by atoms with Crippen molar-refractivity contribution in [2.45, 2.75) is 32.3 Å². The van der Waals surface area contributed by atoms with E-state index >= 15 is 0 Å². The third-order valence-electron chi connectivity index (χ3n) is 3.03. The Morgan fingerprint density at radius 3 is 3.00 bits per heavy atom. The molecule has 1 atom stereocenters.